The molecule has 0 saturated carbocycles. The van der Waals surface area contributed by atoms with Gasteiger partial charge in [0.05, 0.1) is 23.7 Å². The number of aliphatic hydroxyl groups is 1. The van der Waals surface area contributed by atoms with Gasteiger partial charge in [0.25, 0.3) is 0 Å². The van der Waals surface area contributed by atoms with Gasteiger partial charge in [0.1, 0.15) is 5.82 Å². The lowest BCUT2D eigenvalue weighted by Crippen LogP contribution is -2.10. The number of rotatable bonds is 4. The molecule has 4 heteroatoms. The van der Waals surface area contributed by atoms with Crippen molar-refractivity contribution in [3.05, 3.63) is 89.4 Å². The largest absolute Gasteiger partial charge is 0.387 e. The molecule has 1 aromatic heterocycles. The summed E-state index contributed by atoms with van der Waals surface area (Å²) in [6, 6.07) is 25.3. The molecule has 0 saturated heterocycles. The molecule has 0 bridgehead atoms. The monoisotopic (exact) mass is 348 g/mol. The smallest absolute Gasteiger partial charge is 0.141 e. The summed E-state index contributed by atoms with van der Waals surface area (Å²) >= 11 is 6.01. The second-order valence-corrected chi connectivity index (χ2v) is 6.40. The number of aromatic nitrogens is 2. The van der Waals surface area contributed by atoms with E-state index in [1.807, 2.05) is 78.9 Å². The number of hydrogen-bond donors (Lipinski definition) is 1. The van der Waals surface area contributed by atoms with Crippen LogP contribution in [-0.4, -0.2) is 14.7 Å². The lowest BCUT2D eigenvalue weighted by Gasteiger charge is -2.15. The highest BCUT2D eigenvalue weighted by molar-refractivity contribution is 6.30. The van der Waals surface area contributed by atoms with Gasteiger partial charge in [0.15, 0.2) is 0 Å². The minimum absolute atomic E-state index is 0.433. The van der Waals surface area contributed by atoms with E-state index < -0.39 is 6.10 Å². The number of para-hydroxylation sites is 2. The van der Waals surface area contributed by atoms with Gasteiger partial charge in [-0.25, -0.2) is 4.98 Å². The molecule has 0 radical (unpaired) electrons. The summed E-state index contributed by atoms with van der Waals surface area (Å²) < 4.78 is 2.07. The molecule has 1 unspecified atom stereocenters. The molecular formula is C21H17ClN2O. The van der Waals surface area contributed by atoms with E-state index in [2.05, 4.69) is 4.57 Å². The summed E-state index contributed by atoms with van der Waals surface area (Å²) in [6.07, 6.45) is -0.607. The summed E-state index contributed by atoms with van der Waals surface area (Å²) in [5, 5.41) is 11.4. The molecule has 25 heavy (non-hydrogen) atoms. The zero-order chi connectivity index (χ0) is 17.2. The first kappa shape index (κ1) is 15.9. The van der Waals surface area contributed by atoms with E-state index in [1.165, 1.54) is 0 Å². The maximum absolute atomic E-state index is 10.7. The van der Waals surface area contributed by atoms with Gasteiger partial charge < -0.3 is 9.67 Å². The molecule has 3 nitrogen and oxygen atoms in total. The second-order valence-electron chi connectivity index (χ2n) is 5.97. The Morgan fingerprint density at radius 2 is 1.56 bits per heavy atom. The molecule has 0 aliphatic rings. The summed E-state index contributed by atoms with van der Waals surface area (Å²) in [6.45, 7) is 0.433. The SMILES string of the molecule is OC(Cn1c(-c2ccc(Cl)cc2)nc2ccccc21)c1ccccc1. The van der Waals surface area contributed by atoms with Crippen LogP contribution in [0, 0.1) is 0 Å². The predicted octanol–water partition coefficient (Wildman–Crippen LogP) is 5.09. The lowest BCUT2D eigenvalue weighted by atomic mass is 10.1. The van der Waals surface area contributed by atoms with E-state index >= 15 is 0 Å². The van der Waals surface area contributed by atoms with Gasteiger partial charge in [0, 0.05) is 10.6 Å². The van der Waals surface area contributed by atoms with Gasteiger partial charge in [-0.05, 0) is 42.0 Å². The van der Waals surface area contributed by atoms with Crippen molar-refractivity contribution in [2.75, 3.05) is 0 Å². The van der Waals surface area contributed by atoms with Crippen molar-refractivity contribution >= 4 is 22.6 Å². The minimum atomic E-state index is -0.607. The fourth-order valence-electron chi connectivity index (χ4n) is 3.03. The van der Waals surface area contributed by atoms with Crippen LogP contribution in [0.3, 0.4) is 0 Å². The highest BCUT2D eigenvalue weighted by Crippen LogP contribution is 2.28. The minimum Gasteiger partial charge on any atom is -0.387 e. The first-order valence-corrected chi connectivity index (χ1v) is 8.54. The van der Waals surface area contributed by atoms with Gasteiger partial charge in [0.2, 0.25) is 0 Å². The van der Waals surface area contributed by atoms with E-state index in [4.69, 9.17) is 16.6 Å². The van der Waals surface area contributed by atoms with Crippen LogP contribution in [0.4, 0.5) is 0 Å². The molecule has 1 atom stereocenters. The molecule has 0 fully saturated rings. The van der Waals surface area contributed by atoms with E-state index in [0.29, 0.717) is 11.6 Å². The number of imidazole rings is 1. The molecule has 124 valence electrons. The van der Waals surface area contributed by atoms with Gasteiger partial charge in [-0.15, -0.1) is 0 Å². The Hall–Kier alpha value is -2.62. The Kier molecular flexibility index (Phi) is 4.26. The highest BCUT2D eigenvalue weighted by atomic mass is 35.5. The molecule has 4 aromatic rings. The van der Waals surface area contributed by atoms with Crippen molar-refractivity contribution in [1.82, 2.24) is 9.55 Å². The molecule has 0 aliphatic carbocycles. The quantitative estimate of drug-likeness (QED) is 0.557. The lowest BCUT2D eigenvalue weighted by molar-refractivity contribution is 0.158. The Morgan fingerprint density at radius 3 is 2.32 bits per heavy atom. The summed E-state index contributed by atoms with van der Waals surface area (Å²) in [7, 11) is 0. The average molecular weight is 349 g/mol. The fraction of sp³-hybridized carbons (Fsp3) is 0.0952. The van der Waals surface area contributed by atoms with E-state index in [9.17, 15) is 5.11 Å². The number of nitrogens with zero attached hydrogens (tertiary/aromatic N) is 2. The van der Waals surface area contributed by atoms with Crippen molar-refractivity contribution in [2.45, 2.75) is 12.6 Å². The number of hydrogen-bond acceptors (Lipinski definition) is 2. The van der Waals surface area contributed by atoms with Crippen LogP contribution in [0.2, 0.25) is 5.02 Å². The van der Waals surface area contributed by atoms with Crippen molar-refractivity contribution in [3.63, 3.8) is 0 Å². The van der Waals surface area contributed by atoms with Gasteiger partial charge in [-0.3, -0.25) is 0 Å². The molecule has 3 aromatic carbocycles. The van der Waals surface area contributed by atoms with Gasteiger partial charge in [-0.1, -0.05) is 54.1 Å². The maximum Gasteiger partial charge on any atom is 0.141 e. The summed E-state index contributed by atoms with van der Waals surface area (Å²) in [5.41, 5.74) is 3.78. The third kappa shape index (κ3) is 3.16. The van der Waals surface area contributed by atoms with Gasteiger partial charge in [-0.2, -0.15) is 0 Å². The van der Waals surface area contributed by atoms with E-state index in [1.54, 1.807) is 0 Å². The van der Waals surface area contributed by atoms with Crippen molar-refractivity contribution in [3.8, 4) is 11.4 Å². The zero-order valence-corrected chi connectivity index (χ0v) is 14.3. The topological polar surface area (TPSA) is 38.0 Å². The number of aliphatic hydroxyl groups excluding tert-OH is 1. The molecule has 1 heterocycles. The second kappa shape index (κ2) is 6.71. The number of benzene rings is 3. The van der Waals surface area contributed by atoms with Crippen molar-refractivity contribution in [2.24, 2.45) is 0 Å². The van der Waals surface area contributed by atoms with Crippen LogP contribution < -0.4 is 0 Å². The molecule has 0 amide bonds. The highest BCUT2D eigenvalue weighted by Gasteiger charge is 2.16. The van der Waals surface area contributed by atoms with E-state index in [-0.39, 0.29) is 0 Å². The van der Waals surface area contributed by atoms with Crippen molar-refractivity contribution < 1.29 is 5.11 Å². The van der Waals surface area contributed by atoms with Crippen molar-refractivity contribution in [1.29, 1.82) is 0 Å². The number of fused-ring (bicyclic) bond motifs is 1. The Balaban J connectivity index is 1.81. The molecular weight excluding hydrogens is 332 g/mol. The Morgan fingerprint density at radius 1 is 0.880 bits per heavy atom. The van der Waals surface area contributed by atoms with Crippen LogP contribution >= 0.6 is 11.6 Å². The standard InChI is InChI=1S/C21H17ClN2O/c22-17-12-10-16(11-13-17)21-23-18-8-4-5-9-19(18)24(21)14-20(25)15-6-2-1-3-7-15/h1-13,20,25H,14H2. The Labute approximate surface area is 151 Å². The molecule has 1 N–H and O–H groups in total. The van der Waals surface area contributed by atoms with Crippen LogP contribution in [0.15, 0.2) is 78.9 Å². The summed E-state index contributed by atoms with van der Waals surface area (Å²) in [5.74, 6) is 0.827. The zero-order valence-electron chi connectivity index (χ0n) is 13.5. The molecule has 4 rings (SSSR count). The maximum atomic E-state index is 10.7. The Bertz CT molecular complexity index is 994. The van der Waals surface area contributed by atoms with Crippen LogP contribution in [0.25, 0.3) is 22.4 Å². The molecule has 0 aliphatic heterocycles. The summed E-state index contributed by atoms with van der Waals surface area (Å²) in [4.78, 5) is 4.77. The third-order valence-electron chi connectivity index (χ3n) is 4.30. The first-order chi connectivity index (χ1) is 12.2. The average Bonchev–Trinajstić information content (AvgIpc) is 3.02. The van der Waals surface area contributed by atoms with Crippen LogP contribution in [0.5, 0.6) is 0 Å². The number of halogens is 1. The van der Waals surface area contributed by atoms with Gasteiger partial charge >= 0.3 is 0 Å². The third-order valence-corrected chi connectivity index (χ3v) is 4.55. The normalized spacial score (nSPS) is 12.4. The fourth-order valence-corrected chi connectivity index (χ4v) is 3.16. The van der Waals surface area contributed by atoms with E-state index in [0.717, 1.165) is 28.0 Å². The predicted molar refractivity (Wildman–Crippen MR) is 102 cm³/mol. The first-order valence-electron chi connectivity index (χ1n) is 8.16. The van der Waals surface area contributed by atoms with Crippen LogP contribution in [-0.2, 0) is 6.54 Å². The molecule has 0 spiro atoms. The van der Waals surface area contributed by atoms with Crippen LogP contribution in [0.1, 0.15) is 11.7 Å².